The molecular formula is C16H22N2O3S. The van der Waals surface area contributed by atoms with Crippen molar-refractivity contribution in [3.05, 3.63) is 24.3 Å². The molecule has 1 aromatic rings. The van der Waals surface area contributed by atoms with Gasteiger partial charge in [0.1, 0.15) is 5.75 Å². The second kappa shape index (κ2) is 8.68. The lowest BCUT2D eigenvalue weighted by Gasteiger charge is -2.25. The molecule has 0 unspecified atom stereocenters. The average molecular weight is 322 g/mol. The number of carbonyl (C=O) groups is 2. The second-order valence-electron chi connectivity index (χ2n) is 5.11. The van der Waals surface area contributed by atoms with Crippen molar-refractivity contribution in [1.29, 1.82) is 0 Å². The van der Waals surface area contributed by atoms with Gasteiger partial charge in [0.15, 0.2) is 6.10 Å². The summed E-state index contributed by atoms with van der Waals surface area (Å²) in [4.78, 5) is 23.8. The minimum Gasteiger partial charge on any atom is -0.478 e. The van der Waals surface area contributed by atoms with Gasteiger partial charge in [-0.15, -0.1) is 0 Å². The predicted molar refractivity (Wildman–Crippen MR) is 89.3 cm³/mol. The quantitative estimate of drug-likeness (QED) is 0.721. The Balaban J connectivity index is 1.72. The summed E-state index contributed by atoms with van der Waals surface area (Å²) in [6.45, 7) is 2.79. The third kappa shape index (κ3) is 4.94. The van der Waals surface area contributed by atoms with E-state index in [1.807, 2.05) is 23.9 Å². The lowest BCUT2D eigenvalue weighted by atomic mass is 10.1. The highest BCUT2D eigenvalue weighted by Gasteiger charge is 2.29. The van der Waals surface area contributed by atoms with Crippen LogP contribution in [0.15, 0.2) is 24.3 Å². The molecular weight excluding hydrogens is 300 g/mol. The van der Waals surface area contributed by atoms with E-state index in [1.54, 1.807) is 12.1 Å². The average Bonchev–Trinajstić information content (AvgIpc) is 2.51. The molecule has 1 atom stereocenters. The van der Waals surface area contributed by atoms with Crippen molar-refractivity contribution in [3.63, 3.8) is 0 Å². The number of hydrogen-bond donors (Lipinski definition) is 2. The molecule has 2 N–H and O–H groups in total. The van der Waals surface area contributed by atoms with Crippen LogP contribution in [0.2, 0.25) is 0 Å². The molecule has 0 aliphatic carbocycles. The Labute approximate surface area is 135 Å². The predicted octanol–water partition coefficient (Wildman–Crippen LogP) is 2.43. The Morgan fingerprint density at radius 2 is 2.18 bits per heavy atom. The largest absolute Gasteiger partial charge is 0.478 e. The molecule has 0 fully saturated rings. The molecule has 120 valence electrons. The summed E-state index contributed by atoms with van der Waals surface area (Å²) >= 11 is 1.89. The molecule has 0 radical (unpaired) electrons. The van der Waals surface area contributed by atoms with Crippen LogP contribution in [0.1, 0.15) is 26.2 Å². The Morgan fingerprint density at radius 1 is 1.36 bits per heavy atom. The molecule has 0 aromatic heterocycles. The van der Waals surface area contributed by atoms with Gasteiger partial charge >= 0.3 is 0 Å². The normalized spacial score (nSPS) is 16.4. The smallest absolute Gasteiger partial charge is 0.266 e. The van der Waals surface area contributed by atoms with Crippen molar-refractivity contribution in [2.24, 2.45) is 0 Å². The zero-order chi connectivity index (χ0) is 15.8. The van der Waals surface area contributed by atoms with Gasteiger partial charge in [-0.2, -0.15) is 11.8 Å². The molecule has 0 saturated heterocycles. The number of carbonyl (C=O) groups excluding carboxylic acids is 2. The molecule has 0 saturated carbocycles. The number of hydrogen-bond acceptors (Lipinski definition) is 4. The van der Waals surface area contributed by atoms with Crippen LogP contribution in [0.5, 0.6) is 5.75 Å². The second-order valence-corrected chi connectivity index (χ2v) is 6.34. The zero-order valence-corrected chi connectivity index (χ0v) is 13.6. The van der Waals surface area contributed by atoms with E-state index in [-0.39, 0.29) is 18.2 Å². The molecule has 0 spiro atoms. The fourth-order valence-electron chi connectivity index (χ4n) is 2.12. The van der Waals surface area contributed by atoms with Crippen LogP contribution < -0.4 is 15.4 Å². The number of nitrogens with one attached hydrogen (secondary N) is 2. The van der Waals surface area contributed by atoms with E-state index in [4.69, 9.17) is 4.74 Å². The van der Waals surface area contributed by atoms with Gasteiger partial charge in [0, 0.05) is 6.54 Å². The first kappa shape index (κ1) is 16.7. The van der Waals surface area contributed by atoms with Crippen LogP contribution in [0, 0.1) is 0 Å². The van der Waals surface area contributed by atoms with Crippen LogP contribution in [0.4, 0.5) is 5.69 Å². The first-order chi connectivity index (χ1) is 10.7. The van der Waals surface area contributed by atoms with Gasteiger partial charge in [-0.25, -0.2) is 0 Å². The molecule has 1 heterocycles. The van der Waals surface area contributed by atoms with E-state index in [0.717, 1.165) is 17.9 Å². The highest BCUT2D eigenvalue weighted by atomic mass is 32.2. The van der Waals surface area contributed by atoms with Crippen molar-refractivity contribution in [2.45, 2.75) is 32.3 Å². The maximum Gasteiger partial charge on any atom is 0.266 e. The number of fused-ring (bicyclic) bond motifs is 1. The van der Waals surface area contributed by atoms with Gasteiger partial charge in [0.25, 0.3) is 5.91 Å². The summed E-state index contributed by atoms with van der Waals surface area (Å²) < 4.78 is 5.60. The number of amides is 2. The Bertz CT molecular complexity index is 522. The van der Waals surface area contributed by atoms with E-state index in [0.29, 0.717) is 18.0 Å². The van der Waals surface area contributed by atoms with E-state index in [1.165, 1.54) is 6.42 Å². The van der Waals surface area contributed by atoms with E-state index in [9.17, 15) is 9.59 Å². The minimum atomic E-state index is -0.760. The SMILES string of the molecule is CCCSCCCNC(=O)C[C@@H]1Oc2ccccc2NC1=O. The Kier molecular flexibility index (Phi) is 6.58. The zero-order valence-electron chi connectivity index (χ0n) is 12.8. The maximum atomic E-state index is 11.9. The number of thioether (sulfide) groups is 1. The molecule has 0 bridgehead atoms. The lowest BCUT2D eigenvalue weighted by molar-refractivity contribution is -0.130. The summed E-state index contributed by atoms with van der Waals surface area (Å²) in [6.07, 6.45) is 1.40. The van der Waals surface area contributed by atoms with Crippen molar-refractivity contribution in [3.8, 4) is 5.75 Å². The topological polar surface area (TPSA) is 67.4 Å². The Hall–Kier alpha value is -1.69. The third-order valence-corrected chi connectivity index (χ3v) is 4.49. The van der Waals surface area contributed by atoms with Gasteiger partial charge < -0.3 is 15.4 Å². The van der Waals surface area contributed by atoms with Crippen LogP contribution in [-0.2, 0) is 9.59 Å². The van der Waals surface area contributed by atoms with Crippen molar-refractivity contribution in [1.82, 2.24) is 5.32 Å². The number of anilines is 1. The fraction of sp³-hybridized carbons (Fsp3) is 0.500. The minimum absolute atomic E-state index is 0.0439. The maximum absolute atomic E-state index is 11.9. The molecule has 22 heavy (non-hydrogen) atoms. The first-order valence-corrected chi connectivity index (χ1v) is 8.77. The number of ether oxygens (including phenoxy) is 1. The summed E-state index contributed by atoms with van der Waals surface area (Å²) in [5.74, 6) is 2.38. The van der Waals surface area contributed by atoms with Crippen LogP contribution in [0.25, 0.3) is 0 Å². The highest BCUT2D eigenvalue weighted by molar-refractivity contribution is 7.99. The van der Waals surface area contributed by atoms with Gasteiger partial charge in [-0.3, -0.25) is 9.59 Å². The molecule has 1 aliphatic heterocycles. The number of rotatable bonds is 8. The standard InChI is InChI=1S/C16H22N2O3S/c1-2-9-22-10-5-8-17-15(19)11-14-16(20)18-12-6-3-4-7-13(12)21-14/h3-4,6-7,14H,2,5,8-11H2,1H3,(H,17,19)(H,18,20)/t14-/m0/s1. The Morgan fingerprint density at radius 3 is 3.00 bits per heavy atom. The lowest BCUT2D eigenvalue weighted by Crippen LogP contribution is -2.41. The van der Waals surface area contributed by atoms with Gasteiger partial charge in [0.2, 0.25) is 5.91 Å². The van der Waals surface area contributed by atoms with Gasteiger partial charge in [-0.05, 0) is 36.5 Å². The van der Waals surface area contributed by atoms with Gasteiger partial charge in [-0.1, -0.05) is 19.1 Å². The fourth-order valence-corrected chi connectivity index (χ4v) is 2.96. The molecule has 2 amide bonds. The van der Waals surface area contributed by atoms with Crippen molar-refractivity contribution >= 4 is 29.3 Å². The summed E-state index contributed by atoms with van der Waals surface area (Å²) in [5, 5.41) is 5.60. The highest BCUT2D eigenvalue weighted by Crippen LogP contribution is 2.29. The monoisotopic (exact) mass is 322 g/mol. The molecule has 1 aliphatic rings. The van der Waals surface area contributed by atoms with Crippen LogP contribution >= 0.6 is 11.8 Å². The number of benzene rings is 1. The van der Waals surface area contributed by atoms with Crippen molar-refractivity contribution in [2.75, 3.05) is 23.4 Å². The summed E-state index contributed by atoms with van der Waals surface area (Å²) in [6, 6.07) is 7.22. The third-order valence-electron chi connectivity index (χ3n) is 3.21. The summed E-state index contributed by atoms with van der Waals surface area (Å²) in [5.41, 5.74) is 0.650. The molecule has 2 rings (SSSR count). The molecule has 5 nitrogen and oxygen atoms in total. The summed E-state index contributed by atoms with van der Waals surface area (Å²) in [7, 11) is 0. The van der Waals surface area contributed by atoms with E-state index >= 15 is 0 Å². The van der Waals surface area contributed by atoms with E-state index < -0.39 is 6.10 Å². The molecule has 1 aromatic carbocycles. The van der Waals surface area contributed by atoms with Crippen LogP contribution in [-0.4, -0.2) is 36.0 Å². The molecule has 6 heteroatoms. The van der Waals surface area contributed by atoms with E-state index in [2.05, 4.69) is 17.6 Å². The van der Waals surface area contributed by atoms with Crippen molar-refractivity contribution < 1.29 is 14.3 Å². The van der Waals surface area contributed by atoms with Gasteiger partial charge in [0.05, 0.1) is 12.1 Å². The van der Waals surface area contributed by atoms with Crippen LogP contribution in [0.3, 0.4) is 0 Å². The number of para-hydroxylation sites is 2. The first-order valence-electron chi connectivity index (χ1n) is 7.61.